The summed E-state index contributed by atoms with van der Waals surface area (Å²) in [5, 5.41) is 3.65. The Bertz CT molecular complexity index is 477. The van der Waals surface area contributed by atoms with Crippen molar-refractivity contribution in [2.24, 2.45) is 11.8 Å². The highest BCUT2D eigenvalue weighted by molar-refractivity contribution is 5.42. The lowest BCUT2D eigenvalue weighted by molar-refractivity contribution is 0.186. The third-order valence-electron chi connectivity index (χ3n) is 4.11. The lowest BCUT2D eigenvalue weighted by atomic mass is 10.1. The zero-order chi connectivity index (χ0) is 13.2. The Morgan fingerprint density at radius 1 is 1.32 bits per heavy atom. The largest absolute Gasteiger partial charge is 0.383 e. The molecule has 0 radical (unpaired) electrons. The van der Waals surface area contributed by atoms with Gasteiger partial charge in [0.1, 0.15) is 0 Å². The average molecular weight is 262 g/mol. The summed E-state index contributed by atoms with van der Waals surface area (Å²) in [4.78, 5) is 11.7. The van der Waals surface area contributed by atoms with Crippen molar-refractivity contribution >= 4 is 5.69 Å². The molecule has 2 aliphatic carbocycles. The smallest absolute Gasteiger partial charge is 0.250 e. The molecule has 0 aromatic carbocycles. The summed E-state index contributed by atoms with van der Waals surface area (Å²) in [6, 6.07) is 4.17. The van der Waals surface area contributed by atoms with Gasteiger partial charge >= 0.3 is 0 Å². The number of ether oxygens (including phenoxy) is 1. The van der Waals surface area contributed by atoms with Crippen molar-refractivity contribution in [1.82, 2.24) is 4.57 Å². The zero-order valence-electron chi connectivity index (χ0n) is 11.5. The van der Waals surface area contributed by atoms with Crippen LogP contribution in [-0.2, 0) is 11.3 Å². The van der Waals surface area contributed by atoms with E-state index in [1.54, 1.807) is 17.7 Å². The Kier molecular flexibility index (Phi) is 3.60. The van der Waals surface area contributed by atoms with E-state index >= 15 is 0 Å². The van der Waals surface area contributed by atoms with Gasteiger partial charge in [0, 0.05) is 32.0 Å². The second kappa shape index (κ2) is 5.37. The topological polar surface area (TPSA) is 43.3 Å². The van der Waals surface area contributed by atoms with Crippen LogP contribution in [0.15, 0.2) is 23.1 Å². The normalized spacial score (nSPS) is 18.8. The predicted molar refractivity (Wildman–Crippen MR) is 75.4 cm³/mol. The maximum Gasteiger partial charge on any atom is 0.250 e. The lowest BCUT2D eigenvalue weighted by Gasteiger charge is -2.19. The predicted octanol–water partition coefficient (Wildman–Crippen LogP) is 2.10. The quantitative estimate of drug-likeness (QED) is 0.818. The Morgan fingerprint density at radius 2 is 2.00 bits per heavy atom. The number of methoxy groups -OCH3 is 1. The van der Waals surface area contributed by atoms with Crippen molar-refractivity contribution in [3.63, 3.8) is 0 Å². The van der Waals surface area contributed by atoms with Crippen molar-refractivity contribution in [2.75, 3.05) is 19.0 Å². The minimum atomic E-state index is 0.0389. The summed E-state index contributed by atoms with van der Waals surface area (Å²) in [6.45, 7) is 1.18. The molecule has 1 aromatic heterocycles. The third kappa shape index (κ3) is 3.18. The molecule has 104 valence electrons. The number of hydrogen-bond donors (Lipinski definition) is 1. The van der Waals surface area contributed by atoms with E-state index in [-0.39, 0.29) is 5.56 Å². The number of anilines is 1. The van der Waals surface area contributed by atoms with Crippen molar-refractivity contribution in [2.45, 2.75) is 38.3 Å². The van der Waals surface area contributed by atoms with Crippen LogP contribution in [0.4, 0.5) is 5.69 Å². The molecule has 0 bridgehead atoms. The molecule has 3 rings (SSSR count). The van der Waals surface area contributed by atoms with E-state index in [0.717, 1.165) is 17.5 Å². The molecule has 0 aliphatic heterocycles. The molecule has 0 saturated heterocycles. The highest BCUT2D eigenvalue weighted by atomic mass is 16.5. The third-order valence-corrected chi connectivity index (χ3v) is 4.11. The summed E-state index contributed by atoms with van der Waals surface area (Å²) < 4.78 is 6.76. The number of hydrogen-bond acceptors (Lipinski definition) is 3. The summed E-state index contributed by atoms with van der Waals surface area (Å²) in [6.07, 6.45) is 7.36. The number of pyridine rings is 1. The second-order valence-corrected chi connectivity index (χ2v) is 5.79. The van der Waals surface area contributed by atoms with Crippen molar-refractivity contribution < 1.29 is 4.74 Å². The van der Waals surface area contributed by atoms with Crippen LogP contribution < -0.4 is 10.9 Å². The van der Waals surface area contributed by atoms with Crippen LogP contribution in [0.5, 0.6) is 0 Å². The molecule has 1 N–H and O–H groups in total. The van der Waals surface area contributed by atoms with Crippen molar-refractivity contribution in [1.29, 1.82) is 0 Å². The van der Waals surface area contributed by atoms with Crippen LogP contribution in [-0.4, -0.2) is 24.3 Å². The van der Waals surface area contributed by atoms with Gasteiger partial charge in [-0.15, -0.1) is 0 Å². The van der Waals surface area contributed by atoms with Gasteiger partial charge < -0.3 is 14.6 Å². The first-order valence-corrected chi connectivity index (χ1v) is 7.24. The maximum atomic E-state index is 11.7. The number of nitrogens with zero attached hydrogens (tertiary/aromatic N) is 1. The van der Waals surface area contributed by atoms with Crippen LogP contribution in [0.25, 0.3) is 0 Å². The fraction of sp³-hybridized carbons (Fsp3) is 0.667. The van der Waals surface area contributed by atoms with Crippen molar-refractivity contribution in [3.8, 4) is 0 Å². The van der Waals surface area contributed by atoms with Gasteiger partial charge in [0.05, 0.1) is 12.3 Å². The first-order chi connectivity index (χ1) is 9.28. The molecular formula is C15H22N2O2. The fourth-order valence-corrected chi connectivity index (χ4v) is 2.70. The van der Waals surface area contributed by atoms with Crippen LogP contribution in [0.3, 0.4) is 0 Å². The average Bonchev–Trinajstić information content (AvgIpc) is 3.29. The summed E-state index contributed by atoms with van der Waals surface area (Å²) in [7, 11) is 1.66. The number of rotatable bonds is 7. The van der Waals surface area contributed by atoms with Crippen molar-refractivity contribution in [3.05, 3.63) is 28.7 Å². The molecular weight excluding hydrogens is 240 g/mol. The van der Waals surface area contributed by atoms with Gasteiger partial charge in [0.25, 0.3) is 5.56 Å². The van der Waals surface area contributed by atoms with Crippen LogP contribution >= 0.6 is 0 Å². The standard InChI is InChI=1S/C15H22N2O2/c1-19-9-8-17-10-13(6-7-14(17)18)16-15(11-2-3-11)12-4-5-12/h6-7,10-12,15-16H,2-5,8-9H2,1H3. The van der Waals surface area contributed by atoms with E-state index < -0.39 is 0 Å². The van der Waals surface area contributed by atoms with Gasteiger partial charge in [0.15, 0.2) is 0 Å². The van der Waals surface area contributed by atoms with Gasteiger partial charge in [-0.2, -0.15) is 0 Å². The first-order valence-electron chi connectivity index (χ1n) is 7.24. The molecule has 4 heteroatoms. The van der Waals surface area contributed by atoms with Crippen LogP contribution in [0.2, 0.25) is 0 Å². The van der Waals surface area contributed by atoms with E-state index in [1.807, 2.05) is 12.3 Å². The number of nitrogens with one attached hydrogen (secondary N) is 1. The van der Waals surface area contributed by atoms with E-state index in [0.29, 0.717) is 19.2 Å². The van der Waals surface area contributed by atoms with Gasteiger partial charge in [0.2, 0.25) is 0 Å². The van der Waals surface area contributed by atoms with Gasteiger partial charge in [-0.1, -0.05) is 0 Å². The molecule has 0 spiro atoms. The molecule has 0 atom stereocenters. The molecule has 2 saturated carbocycles. The molecule has 1 heterocycles. The van der Waals surface area contributed by atoms with Gasteiger partial charge in [-0.05, 0) is 43.6 Å². The van der Waals surface area contributed by atoms with Crippen LogP contribution in [0, 0.1) is 11.8 Å². The highest BCUT2D eigenvalue weighted by Crippen LogP contribution is 2.45. The summed E-state index contributed by atoms with van der Waals surface area (Å²) in [5.74, 6) is 1.71. The molecule has 0 amide bonds. The zero-order valence-corrected chi connectivity index (χ0v) is 11.5. The van der Waals surface area contributed by atoms with Gasteiger partial charge in [-0.25, -0.2) is 0 Å². The molecule has 1 aromatic rings. The SMILES string of the molecule is COCCn1cc(NC(C2CC2)C2CC2)ccc1=O. The molecule has 2 aliphatic rings. The van der Waals surface area contributed by atoms with Gasteiger partial charge in [-0.3, -0.25) is 4.79 Å². The molecule has 4 nitrogen and oxygen atoms in total. The van der Waals surface area contributed by atoms with E-state index in [1.165, 1.54) is 25.7 Å². The van der Waals surface area contributed by atoms with E-state index in [4.69, 9.17) is 4.74 Å². The monoisotopic (exact) mass is 262 g/mol. The van der Waals surface area contributed by atoms with Crippen LogP contribution in [0.1, 0.15) is 25.7 Å². The van der Waals surface area contributed by atoms with E-state index in [9.17, 15) is 4.79 Å². The molecule has 0 unspecified atom stereocenters. The molecule has 19 heavy (non-hydrogen) atoms. The Morgan fingerprint density at radius 3 is 2.58 bits per heavy atom. The first kappa shape index (κ1) is 12.7. The highest BCUT2D eigenvalue weighted by Gasteiger charge is 2.41. The van der Waals surface area contributed by atoms with E-state index in [2.05, 4.69) is 5.32 Å². The fourth-order valence-electron chi connectivity index (χ4n) is 2.70. The Labute approximate surface area is 113 Å². The molecule has 2 fully saturated rings. The Hall–Kier alpha value is -1.29. The number of aromatic nitrogens is 1. The summed E-state index contributed by atoms with van der Waals surface area (Å²) >= 11 is 0. The minimum absolute atomic E-state index is 0.0389. The minimum Gasteiger partial charge on any atom is -0.383 e. The second-order valence-electron chi connectivity index (χ2n) is 5.79. The lowest BCUT2D eigenvalue weighted by Crippen LogP contribution is -2.26. The Balaban J connectivity index is 1.70. The summed E-state index contributed by atoms with van der Waals surface area (Å²) in [5.41, 5.74) is 1.11. The maximum absolute atomic E-state index is 11.7.